The third-order valence-corrected chi connectivity index (χ3v) is 3.39. The molecule has 0 aromatic rings. The zero-order valence-electron chi connectivity index (χ0n) is 13.8. The largest absolute Gasteiger partial charge is 0.466 e. The van der Waals surface area contributed by atoms with Crippen LogP contribution in [0.25, 0.3) is 0 Å². The number of alkyl halides is 2. The predicted molar refractivity (Wildman–Crippen MR) is 76.7 cm³/mol. The molecular weight excluding hydrogens is 296 g/mol. The zero-order valence-corrected chi connectivity index (χ0v) is 13.8. The maximum absolute atomic E-state index is 13.7. The van der Waals surface area contributed by atoms with E-state index in [4.69, 9.17) is 9.47 Å². The van der Waals surface area contributed by atoms with Crippen molar-refractivity contribution in [3.8, 4) is 0 Å². The van der Waals surface area contributed by atoms with Gasteiger partial charge in [-0.25, -0.2) is 13.6 Å². The topological polar surface area (TPSA) is 55.8 Å². The van der Waals surface area contributed by atoms with Gasteiger partial charge in [0.25, 0.3) is 5.92 Å². The van der Waals surface area contributed by atoms with Crippen LogP contribution in [0, 0.1) is 5.92 Å². The van der Waals surface area contributed by atoms with Gasteiger partial charge in [0.15, 0.2) is 0 Å². The number of rotatable bonds is 4. The molecule has 0 radical (unpaired) electrons. The zero-order chi connectivity index (χ0) is 17.1. The fraction of sp³-hybridized carbons (Fsp3) is 0.867. The third-order valence-electron chi connectivity index (χ3n) is 3.39. The molecule has 0 saturated carbocycles. The monoisotopic (exact) mass is 321 g/mol. The van der Waals surface area contributed by atoms with E-state index >= 15 is 0 Å². The summed E-state index contributed by atoms with van der Waals surface area (Å²) in [5.41, 5.74) is -0.760. The molecule has 1 heterocycles. The summed E-state index contributed by atoms with van der Waals surface area (Å²) >= 11 is 0. The number of likely N-dealkylation sites (tertiary alicyclic amines) is 1. The van der Waals surface area contributed by atoms with E-state index in [1.54, 1.807) is 34.6 Å². The molecule has 7 heteroatoms. The summed E-state index contributed by atoms with van der Waals surface area (Å²) in [5, 5.41) is 0. The molecular formula is C15H25F2NO4. The molecule has 2 unspecified atom stereocenters. The summed E-state index contributed by atoms with van der Waals surface area (Å²) in [4.78, 5) is 24.7. The minimum Gasteiger partial charge on any atom is -0.466 e. The molecule has 0 N–H and O–H groups in total. The van der Waals surface area contributed by atoms with Crippen molar-refractivity contribution in [2.24, 2.45) is 5.92 Å². The Hall–Kier alpha value is -1.40. The molecule has 22 heavy (non-hydrogen) atoms. The van der Waals surface area contributed by atoms with Crippen LogP contribution in [-0.2, 0) is 14.3 Å². The fourth-order valence-electron chi connectivity index (χ4n) is 2.49. The lowest BCUT2D eigenvalue weighted by molar-refractivity contribution is -0.144. The molecule has 0 aliphatic carbocycles. The molecule has 0 aromatic heterocycles. The molecule has 0 aromatic carbocycles. The van der Waals surface area contributed by atoms with Crippen LogP contribution in [0.4, 0.5) is 13.6 Å². The molecule has 128 valence electrons. The minimum absolute atomic E-state index is 0.00607. The van der Waals surface area contributed by atoms with Crippen LogP contribution in [0.15, 0.2) is 0 Å². The Morgan fingerprint density at radius 2 is 1.95 bits per heavy atom. The van der Waals surface area contributed by atoms with Crippen molar-refractivity contribution in [3.05, 3.63) is 0 Å². The van der Waals surface area contributed by atoms with Gasteiger partial charge in [0.2, 0.25) is 0 Å². The Morgan fingerprint density at radius 3 is 2.45 bits per heavy atom. The maximum Gasteiger partial charge on any atom is 0.410 e. The molecule has 1 amide bonds. The number of ether oxygens (including phenoxy) is 2. The van der Waals surface area contributed by atoms with Gasteiger partial charge in [0.1, 0.15) is 5.60 Å². The average Bonchev–Trinajstić information content (AvgIpc) is 2.63. The Morgan fingerprint density at radius 1 is 1.36 bits per heavy atom. The van der Waals surface area contributed by atoms with Crippen LogP contribution in [-0.4, -0.2) is 47.7 Å². The van der Waals surface area contributed by atoms with E-state index in [0.29, 0.717) is 0 Å². The molecule has 0 bridgehead atoms. The van der Waals surface area contributed by atoms with Crippen molar-refractivity contribution < 1.29 is 27.8 Å². The first-order valence-corrected chi connectivity index (χ1v) is 7.48. The van der Waals surface area contributed by atoms with Crippen LogP contribution in [0.2, 0.25) is 0 Å². The lowest BCUT2D eigenvalue weighted by Gasteiger charge is -2.30. The second kappa shape index (κ2) is 6.79. The van der Waals surface area contributed by atoms with E-state index in [2.05, 4.69) is 0 Å². The van der Waals surface area contributed by atoms with E-state index in [1.165, 1.54) is 0 Å². The number of esters is 1. The molecule has 5 nitrogen and oxygen atoms in total. The number of carbonyl (C=O) groups excluding carboxylic acids is 2. The van der Waals surface area contributed by atoms with Gasteiger partial charge in [-0.2, -0.15) is 0 Å². The molecule has 1 aliphatic rings. The highest BCUT2D eigenvalue weighted by Gasteiger charge is 2.50. The van der Waals surface area contributed by atoms with Crippen LogP contribution in [0.3, 0.4) is 0 Å². The summed E-state index contributed by atoms with van der Waals surface area (Å²) in [5.74, 6) is -3.85. The second-order valence-corrected chi connectivity index (χ2v) is 6.72. The highest BCUT2D eigenvalue weighted by Crippen LogP contribution is 2.37. The summed E-state index contributed by atoms with van der Waals surface area (Å²) in [6.45, 7) is 7.93. The number of amides is 1. The van der Waals surface area contributed by atoms with E-state index < -0.39 is 48.5 Å². The van der Waals surface area contributed by atoms with Gasteiger partial charge >= 0.3 is 12.1 Å². The number of hydrogen-bond donors (Lipinski definition) is 0. The highest BCUT2D eigenvalue weighted by molar-refractivity contribution is 5.71. The molecule has 1 aliphatic heterocycles. The van der Waals surface area contributed by atoms with Crippen molar-refractivity contribution in [2.75, 3.05) is 13.2 Å². The summed E-state index contributed by atoms with van der Waals surface area (Å²) in [7, 11) is 0. The van der Waals surface area contributed by atoms with Crippen molar-refractivity contribution in [3.63, 3.8) is 0 Å². The smallest absolute Gasteiger partial charge is 0.410 e. The Balaban J connectivity index is 2.80. The lowest BCUT2D eigenvalue weighted by atomic mass is 9.95. The second-order valence-electron chi connectivity index (χ2n) is 6.72. The molecule has 1 saturated heterocycles. The Labute approximate surface area is 129 Å². The van der Waals surface area contributed by atoms with E-state index in [-0.39, 0.29) is 13.0 Å². The summed E-state index contributed by atoms with van der Waals surface area (Å²) in [6.07, 6.45) is -1.24. The van der Waals surface area contributed by atoms with Crippen molar-refractivity contribution >= 4 is 12.1 Å². The highest BCUT2D eigenvalue weighted by atomic mass is 19.3. The van der Waals surface area contributed by atoms with Gasteiger partial charge in [-0.1, -0.05) is 6.92 Å². The summed E-state index contributed by atoms with van der Waals surface area (Å²) < 4.78 is 37.5. The molecule has 1 rings (SSSR count). The minimum atomic E-state index is -2.97. The van der Waals surface area contributed by atoms with Gasteiger partial charge in [0.05, 0.1) is 19.6 Å². The molecule has 1 fully saturated rings. The first kappa shape index (κ1) is 18.6. The predicted octanol–water partition coefficient (Wildman–Crippen LogP) is 3.22. The number of halogens is 2. The maximum atomic E-state index is 13.7. The number of carbonyl (C=O) groups is 2. The van der Waals surface area contributed by atoms with Crippen molar-refractivity contribution in [1.82, 2.24) is 4.90 Å². The molecule has 0 spiro atoms. The fourth-order valence-corrected chi connectivity index (χ4v) is 2.49. The van der Waals surface area contributed by atoms with E-state index in [1.807, 2.05) is 0 Å². The van der Waals surface area contributed by atoms with E-state index in [0.717, 1.165) is 4.90 Å². The number of hydrogen-bond acceptors (Lipinski definition) is 4. The Bertz CT molecular complexity index is 420. The first-order valence-electron chi connectivity index (χ1n) is 7.48. The van der Waals surface area contributed by atoms with Crippen LogP contribution in [0.1, 0.15) is 47.5 Å². The quantitative estimate of drug-likeness (QED) is 0.746. The van der Waals surface area contributed by atoms with Gasteiger partial charge in [-0.05, 0) is 33.6 Å². The van der Waals surface area contributed by atoms with Crippen LogP contribution < -0.4 is 0 Å². The summed E-state index contributed by atoms with van der Waals surface area (Å²) in [6, 6.07) is -0.741. The van der Waals surface area contributed by atoms with Gasteiger partial charge in [-0.15, -0.1) is 0 Å². The van der Waals surface area contributed by atoms with E-state index in [9.17, 15) is 18.4 Å². The normalized spacial score (nSPS) is 22.3. The van der Waals surface area contributed by atoms with Crippen LogP contribution in [0.5, 0.6) is 0 Å². The van der Waals surface area contributed by atoms with Crippen LogP contribution >= 0.6 is 0 Å². The first-order chi connectivity index (χ1) is 9.95. The SMILES string of the molecule is CCOC(=O)CC(C)C1CC(F)(F)CN1C(=O)OC(C)(C)C. The van der Waals surface area contributed by atoms with Crippen molar-refractivity contribution in [2.45, 2.75) is 65.0 Å². The van der Waals surface area contributed by atoms with Gasteiger partial charge < -0.3 is 9.47 Å². The average molecular weight is 321 g/mol. The van der Waals surface area contributed by atoms with Gasteiger partial charge in [0, 0.05) is 12.5 Å². The standard InChI is InChI=1S/C15H25F2NO4/c1-6-21-12(19)7-10(2)11-8-15(16,17)9-18(11)13(20)22-14(3,4)5/h10-11H,6-9H2,1-5H3. The number of nitrogens with zero attached hydrogens (tertiary/aromatic N) is 1. The third kappa shape index (κ3) is 5.42. The molecule has 2 atom stereocenters. The Kier molecular flexibility index (Phi) is 5.76. The van der Waals surface area contributed by atoms with Gasteiger partial charge in [-0.3, -0.25) is 9.69 Å². The van der Waals surface area contributed by atoms with Crippen molar-refractivity contribution in [1.29, 1.82) is 0 Å². The lowest BCUT2D eigenvalue weighted by Crippen LogP contribution is -2.43.